The summed E-state index contributed by atoms with van der Waals surface area (Å²) in [6.07, 6.45) is 1.24. The highest BCUT2D eigenvalue weighted by molar-refractivity contribution is 6.40. The zero-order valence-electron chi connectivity index (χ0n) is 19.1. The number of hydrogen-bond acceptors (Lipinski definition) is 8. The molecule has 0 spiro atoms. The number of carbonyl (C=O) groups excluding carboxylic acids is 3. The molecular formula is C25H15Cl2N3O8. The summed E-state index contributed by atoms with van der Waals surface area (Å²) in [5, 5.41) is 13.3. The van der Waals surface area contributed by atoms with Crippen LogP contribution in [0.3, 0.4) is 0 Å². The Morgan fingerprint density at radius 2 is 1.76 bits per heavy atom. The number of imide groups is 2. The fraction of sp³-hybridized carbons (Fsp3) is 0.0800. The van der Waals surface area contributed by atoms with E-state index >= 15 is 0 Å². The molecule has 2 heterocycles. The predicted octanol–water partition coefficient (Wildman–Crippen LogP) is 4.88. The number of halogens is 2. The Balaban J connectivity index is 1.39. The van der Waals surface area contributed by atoms with Crippen molar-refractivity contribution in [1.82, 2.24) is 5.32 Å². The van der Waals surface area contributed by atoms with Crippen LogP contribution in [0, 0.1) is 10.1 Å². The minimum Gasteiger partial charge on any atom is -0.486 e. The Morgan fingerprint density at radius 3 is 2.50 bits per heavy atom. The van der Waals surface area contributed by atoms with Gasteiger partial charge in [-0.15, -0.1) is 0 Å². The Labute approximate surface area is 224 Å². The number of carbonyl (C=O) groups is 3. The highest BCUT2D eigenvalue weighted by Crippen LogP contribution is 2.38. The lowest BCUT2D eigenvalue weighted by Gasteiger charge is -2.26. The van der Waals surface area contributed by atoms with Crippen LogP contribution < -0.4 is 24.4 Å². The molecule has 13 heteroatoms. The van der Waals surface area contributed by atoms with Gasteiger partial charge in [0.25, 0.3) is 17.5 Å². The molecule has 0 saturated carbocycles. The second-order valence-corrected chi connectivity index (χ2v) is 8.84. The fourth-order valence-electron chi connectivity index (χ4n) is 3.80. The van der Waals surface area contributed by atoms with E-state index < -0.39 is 22.8 Å². The monoisotopic (exact) mass is 555 g/mol. The number of benzene rings is 3. The summed E-state index contributed by atoms with van der Waals surface area (Å²) in [6, 6.07) is 12.3. The number of nitrogens with one attached hydrogen (secondary N) is 1. The number of nitro benzene ring substituents is 1. The van der Waals surface area contributed by atoms with Gasteiger partial charge in [-0.2, -0.15) is 0 Å². The highest BCUT2D eigenvalue weighted by Gasteiger charge is 2.37. The Hall–Kier alpha value is -4.61. The molecule has 1 N–H and O–H groups in total. The highest BCUT2D eigenvalue weighted by atomic mass is 35.5. The molecule has 0 radical (unpaired) electrons. The van der Waals surface area contributed by atoms with Crippen molar-refractivity contribution in [3.8, 4) is 17.2 Å². The third-order valence-corrected chi connectivity index (χ3v) is 6.11. The van der Waals surface area contributed by atoms with Crippen molar-refractivity contribution in [2.45, 2.75) is 6.61 Å². The Bertz CT molecular complexity index is 1530. The lowest BCUT2D eigenvalue weighted by Crippen LogP contribution is -2.54. The minimum absolute atomic E-state index is 0.00899. The van der Waals surface area contributed by atoms with Gasteiger partial charge < -0.3 is 14.2 Å². The molecule has 0 aliphatic carbocycles. The number of anilines is 1. The normalized spacial score (nSPS) is 15.6. The predicted molar refractivity (Wildman–Crippen MR) is 135 cm³/mol. The maximum Gasteiger partial charge on any atom is 0.335 e. The first kappa shape index (κ1) is 25.1. The Kier molecular flexibility index (Phi) is 6.62. The number of urea groups is 1. The van der Waals surface area contributed by atoms with E-state index in [4.69, 9.17) is 37.4 Å². The lowest BCUT2D eigenvalue weighted by molar-refractivity contribution is -0.384. The van der Waals surface area contributed by atoms with E-state index in [1.165, 1.54) is 48.5 Å². The van der Waals surface area contributed by atoms with Crippen molar-refractivity contribution in [2.24, 2.45) is 0 Å². The number of non-ortho nitro benzene ring substituents is 1. The number of hydrogen-bond donors (Lipinski definition) is 1. The molecule has 3 aromatic carbocycles. The molecule has 0 bridgehead atoms. The molecule has 0 atom stereocenters. The van der Waals surface area contributed by atoms with Crippen molar-refractivity contribution in [1.29, 1.82) is 0 Å². The van der Waals surface area contributed by atoms with E-state index in [2.05, 4.69) is 5.32 Å². The maximum absolute atomic E-state index is 13.2. The van der Waals surface area contributed by atoms with Gasteiger partial charge in [0.1, 0.15) is 12.2 Å². The zero-order chi connectivity index (χ0) is 27.0. The van der Waals surface area contributed by atoms with Crippen LogP contribution in [-0.4, -0.2) is 29.6 Å². The van der Waals surface area contributed by atoms with Crippen LogP contribution in [0.1, 0.15) is 11.1 Å². The molecule has 5 rings (SSSR count). The van der Waals surface area contributed by atoms with Gasteiger partial charge >= 0.3 is 6.03 Å². The number of rotatable bonds is 6. The van der Waals surface area contributed by atoms with Crippen molar-refractivity contribution in [3.05, 3.63) is 91.5 Å². The van der Waals surface area contributed by atoms with E-state index in [1.54, 1.807) is 12.1 Å². The largest absolute Gasteiger partial charge is 0.486 e. The summed E-state index contributed by atoms with van der Waals surface area (Å²) < 4.78 is 16.2. The van der Waals surface area contributed by atoms with Gasteiger partial charge in [0, 0.05) is 18.2 Å². The van der Waals surface area contributed by atoms with Crippen LogP contribution >= 0.6 is 23.2 Å². The molecule has 11 nitrogen and oxygen atoms in total. The third-order valence-electron chi connectivity index (χ3n) is 5.55. The smallest absolute Gasteiger partial charge is 0.335 e. The fourth-order valence-corrected chi connectivity index (χ4v) is 4.41. The van der Waals surface area contributed by atoms with Gasteiger partial charge in [0.2, 0.25) is 6.79 Å². The average molecular weight is 556 g/mol. The zero-order valence-corrected chi connectivity index (χ0v) is 20.6. The van der Waals surface area contributed by atoms with Crippen LogP contribution in [0.15, 0.2) is 60.2 Å². The number of barbiturate groups is 1. The second kappa shape index (κ2) is 10.0. The number of amides is 4. The van der Waals surface area contributed by atoms with Gasteiger partial charge in [-0.1, -0.05) is 35.3 Å². The van der Waals surface area contributed by atoms with Crippen molar-refractivity contribution in [2.75, 3.05) is 11.7 Å². The van der Waals surface area contributed by atoms with Crippen LogP contribution in [0.25, 0.3) is 6.08 Å². The van der Waals surface area contributed by atoms with Crippen molar-refractivity contribution in [3.63, 3.8) is 0 Å². The molecule has 0 aromatic heterocycles. The van der Waals surface area contributed by atoms with Crippen LogP contribution in [-0.2, 0) is 16.2 Å². The number of fused-ring (bicyclic) bond motifs is 1. The Morgan fingerprint density at radius 1 is 1.03 bits per heavy atom. The summed E-state index contributed by atoms with van der Waals surface area (Å²) in [5.41, 5.74) is 0.571. The van der Waals surface area contributed by atoms with Crippen LogP contribution in [0.4, 0.5) is 16.2 Å². The van der Waals surface area contributed by atoms with E-state index in [0.717, 1.165) is 4.90 Å². The summed E-state index contributed by atoms with van der Waals surface area (Å²) in [6.45, 7) is -0.0376. The number of nitrogens with zero attached hydrogens (tertiary/aromatic N) is 2. The number of ether oxygens (including phenoxy) is 3. The third kappa shape index (κ3) is 4.84. The quantitative estimate of drug-likeness (QED) is 0.196. The SMILES string of the molecule is O=C1NC(=O)N(c2ccc3c(c2)OCO3)C(=O)/C1=C/c1cc(Cl)c(OCc2cccc([N+](=O)[O-])c2)c(Cl)c1. The first-order valence-electron chi connectivity index (χ1n) is 10.9. The van der Waals surface area contributed by atoms with Crippen LogP contribution in [0.5, 0.6) is 17.2 Å². The molecular weight excluding hydrogens is 541 g/mol. The number of nitro groups is 1. The van der Waals surface area contributed by atoms with Gasteiger partial charge in [0.15, 0.2) is 17.2 Å². The molecule has 4 amide bonds. The molecule has 2 aliphatic heterocycles. The molecule has 192 valence electrons. The van der Waals surface area contributed by atoms with Gasteiger partial charge in [-0.05, 0) is 41.5 Å². The van der Waals surface area contributed by atoms with Crippen molar-refractivity contribution < 1.29 is 33.5 Å². The van der Waals surface area contributed by atoms with Gasteiger partial charge in [-0.25, -0.2) is 9.69 Å². The molecule has 0 unspecified atom stereocenters. The van der Waals surface area contributed by atoms with E-state index in [1.807, 2.05) is 0 Å². The van der Waals surface area contributed by atoms with E-state index in [-0.39, 0.29) is 46.1 Å². The average Bonchev–Trinajstić information content (AvgIpc) is 3.34. The molecule has 1 fully saturated rings. The van der Waals surface area contributed by atoms with Gasteiger partial charge in [0.05, 0.1) is 20.7 Å². The van der Waals surface area contributed by atoms with E-state index in [9.17, 15) is 24.5 Å². The molecule has 1 saturated heterocycles. The second-order valence-electron chi connectivity index (χ2n) is 8.02. The first-order valence-corrected chi connectivity index (χ1v) is 11.6. The topological polar surface area (TPSA) is 137 Å². The standard InChI is InChI=1S/C25H15Cl2N3O8/c26-18-8-14(9-19(27)22(18)36-11-13-2-1-3-16(6-13)30(34)35)7-17-23(31)28-25(33)29(24(17)32)15-4-5-20-21(10-15)38-12-37-20/h1-10H,11-12H2,(H,28,31,33)/b17-7+. The summed E-state index contributed by atoms with van der Waals surface area (Å²) in [4.78, 5) is 49.5. The van der Waals surface area contributed by atoms with Gasteiger partial charge in [-0.3, -0.25) is 25.0 Å². The van der Waals surface area contributed by atoms with Crippen molar-refractivity contribution >= 4 is 58.5 Å². The summed E-state index contributed by atoms with van der Waals surface area (Å²) in [5.74, 6) is -0.836. The summed E-state index contributed by atoms with van der Waals surface area (Å²) >= 11 is 12.7. The van der Waals surface area contributed by atoms with E-state index in [0.29, 0.717) is 22.6 Å². The maximum atomic E-state index is 13.2. The van der Waals surface area contributed by atoms with Crippen LogP contribution in [0.2, 0.25) is 10.0 Å². The lowest BCUT2D eigenvalue weighted by atomic mass is 10.1. The molecule has 3 aromatic rings. The minimum atomic E-state index is -0.919. The first-order chi connectivity index (χ1) is 18.2. The molecule has 2 aliphatic rings. The summed E-state index contributed by atoms with van der Waals surface area (Å²) in [7, 11) is 0. The molecule has 38 heavy (non-hydrogen) atoms.